The Kier molecular flexibility index (Phi) is 6.43. The van der Waals surface area contributed by atoms with E-state index in [-0.39, 0.29) is 29.0 Å². The fourth-order valence-electron chi connectivity index (χ4n) is 4.54. The Bertz CT molecular complexity index is 1510. The lowest BCUT2D eigenvalue weighted by atomic mass is 9.93. The maximum absolute atomic E-state index is 13.0. The first-order chi connectivity index (χ1) is 18.1. The van der Waals surface area contributed by atoms with Gasteiger partial charge in [-0.1, -0.05) is 0 Å². The second-order valence-corrected chi connectivity index (χ2v) is 8.96. The van der Waals surface area contributed by atoms with Crippen molar-refractivity contribution in [2.24, 2.45) is 0 Å². The number of amides is 2. The maximum atomic E-state index is 13.0. The van der Waals surface area contributed by atoms with Crippen molar-refractivity contribution in [3.8, 4) is 5.69 Å². The summed E-state index contributed by atoms with van der Waals surface area (Å²) in [5.74, 6) is -0.466. The minimum absolute atomic E-state index is 0.0402. The largest absolute Gasteiger partial charge is 0.416 e. The average Bonchev–Trinajstić information content (AvgIpc) is 3.29. The number of pyridine rings is 1. The molecule has 0 spiro atoms. The van der Waals surface area contributed by atoms with E-state index in [1.54, 1.807) is 28.6 Å². The van der Waals surface area contributed by atoms with E-state index in [2.05, 4.69) is 20.3 Å². The molecular weight excluding hydrogens is 501 g/mol. The molecule has 4 aromatic rings. The molecule has 1 fully saturated rings. The van der Waals surface area contributed by atoms with Crippen molar-refractivity contribution in [3.05, 3.63) is 65.7 Å². The predicted molar refractivity (Wildman–Crippen MR) is 132 cm³/mol. The summed E-state index contributed by atoms with van der Waals surface area (Å²) in [6.07, 6.45) is -0.715. The molecule has 3 aromatic heterocycles. The molecule has 0 bridgehead atoms. The third-order valence-corrected chi connectivity index (χ3v) is 6.54. The SMILES string of the molecule is CC(=O)N1CCC(c2nn(-c3ccc(C(=O)Nc4cc(C(F)(F)F)ccn4)cc3)c3c(N)ncnc23)CC1. The van der Waals surface area contributed by atoms with Gasteiger partial charge in [-0.3, -0.25) is 9.59 Å². The van der Waals surface area contributed by atoms with Gasteiger partial charge < -0.3 is 16.0 Å². The van der Waals surface area contributed by atoms with Crippen LogP contribution in [0.25, 0.3) is 16.7 Å². The van der Waals surface area contributed by atoms with Crippen LogP contribution in [-0.4, -0.2) is 54.5 Å². The summed E-state index contributed by atoms with van der Waals surface area (Å²) in [5, 5.41) is 7.19. The van der Waals surface area contributed by atoms with E-state index in [1.807, 2.05) is 0 Å². The number of hydrogen-bond donors (Lipinski definition) is 2. The normalized spacial score (nSPS) is 14.6. The van der Waals surface area contributed by atoms with Gasteiger partial charge in [-0.2, -0.15) is 18.3 Å². The fraction of sp³-hybridized carbons (Fsp3) is 0.280. The van der Waals surface area contributed by atoms with Gasteiger partial charge in [0.2, 0.25) is 5.91 Å². The number of carbonyl (C=O) groups excluding carboxylic acids is 2. The first-order valence-electron chi connectivity index (χ1n) is 11.8. The molecule has 0 aliphatic carbocycles. The van der Waals surface area contributed by atoms with Crippen LogP contribution in [0.2, 0.25) is 0 Å². The number of rotatable bonds is 4. The highest BCUT2D eigenvalue weighted by Crippen LogP contribution is 2.34. The van der Waals surface area contributed by atoms with Gasteiger partial charge in [0, 0.05) is 37.7 Å². The third-order valence-electron chi connectivity index (χ3n) is 6.54. The van der Waals surface area contributed by atoms with Gasteiger partial charge in [0.15, 0.2) is 5.82 Å². The van der Waals surface area contributed by atoms with Crippen LogP contribution in [0, 0.1) is 0 Å². The Hall–Kier alpha value is -4.55. The quantitative estimate of drug-likeness (QED) is 0.415. The Morgan fingerprint density at radius 1 is 1.05 bits per heavy atom. The highest BCUT2D eigenvalue weighted by atomic mass is 19.4. The van der Waals surface area contributed by atoms with Gasteiger partial charge in [0.05, 0.1) is 16.9 Å². The molecule has 1 saturated heterocycles. The van der Waals surface area contributed by atoms with Gasteiger partial charge in [0.1, 0.15) is 23.2 Å². The zero-order chi connectivity index (χ0) is 27.0. The van der Waals surface area contributed by atoms with Crippen LogP contribution in [-0.2, 0) is 11.0 Å². The number of carbonyl (C=O) groups is 2. The number of nitrogens with one attached hydrogen (secondary N) is 1. The fourth-order valence-corrected chi connectivity index (χ4v) is 4.54. The summed E-state index contributed by atoms with van der Waals surface area (Å²) in [6.45, 7) is 2.80. The van der Waals surface area contributed by atoms with E-state index in [4.69, 9.17) is 10.8 Å². The van der Waals surface area contributed by atoms with Crippen LogP contribution >= 0.6 is 0 Å². The number of hydrogen-bond acceptors (Lipinski definition) is 7. The number of nitrogens with two attached hydrogens (primary N) is 1. The van der Waals surface area contributed by atoms with Gasteiger partial charge in [0.25, 0.3) is 5.91 Å². The van der Waals surface area contributed by atoms with E-state index in [9.17, 15) is 22.8 Å². The number of aromatic nitrogens is 5. The molecular formula is C25H23F3N8O2. The molecule has 10 nitrogen and oxygen atoms in total. The summed E-state index contributed by atoms with van der Waals surface area (Å²) in [5.41, 5.74) is 8.00. The van der Waals surface area contributed by atoms with Crippen molar-refractivity contribution in [1.82, 2.24) is 29.6 Å². The molecule has 0 saturated carbocycles. The van der Waals surface area contributed by atoms with E-state index in [0.29, 0.717) is 29.8 Å². The number of likely N-dealkylation sites (tertiary alicyclic amines) is 1. The van der Waals surface area contributed by atoms with Crippen LogP contribution in [0.15, 0.2) is 48.9 Å². The van der Waals surface area contributed by atoms with E-state index < -0.39 is 17.6 Å². The Morgan fingerprint density at radius 3 is 2.42 bits per heavy atom. The average molecular weight is 525 g/mol. The van der Waals surface area contributed by atoms with Gasteiger partial charge >= 0.3 is 6.18 Å². The van der Waals surface area contributed by atoms with Crippen molar-refractivity contribution in [3.63, 3.8) is 0 Å². The van der Waals surface area contributed by atoms with E-state index in [0.717, 1.165) is 36.9 Å². The van der Waals surface area contributed by atoms with Crippen LogP contribution in [0.3, 0.4) is 0 Å². The molecule has 13 heteroatoms. The molecule has 1 aliphatic rings. The monoisotopic (exact) mass is 524 g/mol. The smallest absolute Gasteiger partial charge is 0.382 e. The summed E-state index contributed by atoms with van der Waals surface area (Å²) in [7, 11) is 0. The molecule has 5 rings (SSSR count). The molecule has 1 aromatic carbocycles. The minimum Gasteiger partial charge on any atom is -0.382 e. The van der Waals surface area contributed by atoms with Crippen molar-refractivity contribution in [1.29, 1.82) is 0 Å². The molecule has 196 valence electrons. The van der Waals surface area contributed by atoms with Crippen LogP contribution < -0.4 is 11.1 Å². The molecule has 1 aliphatic heterocycles. The summed E-state index contributed by atoms with van der Waals surface area (Å²) in [6, 6.07) is 7.95. The summed E-state index contributed by atoms with van der Waals surface area (Å²) in [4.78, 5) is 38.5. The molecule has 38 heavy (non-hydrogen) atoms. The standard InChI is InChI=1S/C25H23F3N8O2/c1-14(37)35-10-7-15(8-11-35)20-21-22(23(29)32-13-31-21)36(34-20)18-4-2-16(3-5-18)24(38)33-19-12-17(6-9-30-19)25(26,27)28/h2-6,9,12-13,15H,7-8,10-11H2,1H3,(H2,29,31,32)(H,30,33,38). The molecule has 0 unspecified atom stereocenters. The van der Waals surface area contributed by atoms with E-state index in [1.165, 1.54) is 18.5 Å². The topological polar surface area (TPSA) is 132 Å². The van der Waals surface area contributed by atoms with Gasteiger partial charge in [-0.15, -0.1) is 0 Å². The number of halogens is 3. The molecule has 2 amide bonds. The minimum atomic E-state index is -4.55. The molecule has 3 N–H and O–H groups in total. The van der Waals surface area contributed by atoms with Crippen molar-refractivity contribution < 1.29 is 22.8 Å². The Balaban J connectivity index is 1.41. The molecule has 4 heterocycles. The lowest BCUT2D eigenvalue weighted by molar-refractivity contribution is -0.137. The van der Waals surface area contributed by atoms with Crippen LogP contribution in [0.1, 0.15) is 47.3 Å². The Labute approximate surface area is 214 Å². The first-order valence-corrected chi connectivity index (χ1v) is 11.8. The zero-order valence-electron chi connectivity index (χ0n) is 20.2. The number of nitrogen functional groups attached to an aromatic ring is 1. The highest BCUT2D eigenvalue weighted by molar-refractivity contribution is 6.04. The van der Waals surface area contributed by atoms with Crippen molar-refractivity contribution >= 4 is 34.5 Å². The van der Waals surface area contributed by atoms with Crippen molar-refractivity contribution in [2.45, 2.75) is 31.9 Å². The highest BCUT2D eigenvalue weighted by Gasteiger charge is 2.31. The second kappa shape index (κ2) is 9.72. The van der Waals surface area contributed by atoms with Crippen molar-refractivity contribution in [2.75, 3.05) is 24.1 Å². The Morgan fingerprint density at radius 2 is 1.76 bits per heavy atom. The molecule has 0 atom stereocenters. The number of piperidine rings is 1. The summed E-state index contributed by atoms with van der Waals surface area (Å²) >= 11 is 0. The van der Waals surface area contributed by atoms with Crippen LogP contribution in [0.5, 0.6) is 0 Å². The van der Waals surface area contributed by atoms with Gasteiger partial charge in [-0.25, -0.2) is 19.6 Å². The predicted octanol–water partition coefficient (Wildman–Crippen LogP) is 3.79. The lowest BCUT2D eigenvalue weighted by Crippen LogP contribution is -2.36. The number of benzene rings is 1. The number of alkyl halides is 3. The molecule has 0 radical (unpaired) electrons. The lowest BCUT2D eigenvalue weighted by Gasteiger charge is -2.30. The van der Waals surface area contributed by atoms with Crippen LogP contribution in [0.4, 0.5) is 24.8 Å². The van der Waals surface area contributed by atoms with Gasteiger partial charge in [-0.05, 0) is 49.2 Å². The third kappa shape index (κ3) is 4.86. The number of anilines is 2. The maximum Gasteiger partial charge on any atom is 0.416 e. The number of nitrogens with zero attached hydrogens (tertiary/aromatic N) is 6. The van der Waals surface area contributed by atoms with E-state index >= 15 is 0 Å². The second-order valence-electron chi connectivity index (χ2n) is 8.96. The first kappa shape index (κ1) is 25.1. The number of fused-ring (bicyclic) bond motifs is 1. The zero-order valence-corrected chi connectivity index (χ0v) is 20.2. The summed E-state index contributed by atoms with van der Waals surface area (Å²) < 4.78 is 40.5.